The van der Waals surface area contributed by atoms with E-state index in [1.165, 1.54) is 25.7 Å². The highest BCUT2D eigenvalue weighted by molar-refractivity contribution is 5.73. The van der Waals surface area contributed by atoms with Crippen molar-refractivity contribution in [1.29, 1.82) is 0 Å². The predicted molar refractivity (Wildman–Crippen MR) is 114 cm³/mol. The van der Waals surface area contributed by atoms with Crippen molar-refractivity contribution < 1.29 is 15.0 Å². The lowest BCUT2D eigenvalue weighted by molar-refractivity contribution is -0.118. The molecule has 1 fully saturated rings. The second kappa shape index (κ2) is 10.3. The van der Waals surface area contributed by atoms with Gasteiger partial charge in [0.05, 0.1) is 6.10 Å². The molecule has 1 aromatic carbocycles. The van der Waals surface area contributed by atoms with Crippen LogP contribution in [0, 0.1) is 5.92 Å². The minimum atomic E-state index is -0.344. The van der Waals surface area contributed by atoms with Gasteiger partial charge in [-0.2, -0.15) is 0 Å². The Morgan fingerprint density at radius 1 is 1.21 bits per heavy atom. The molecule has 2 rings (SSSR count). The molecule has 3 unspecified atom stereocenters. The number of benzene rings is 1. The van der Waals surface area contributed by atoms with Gasteiger partial charge in [-0.25, -0.2) is 0 Å². The van der Waals surface area contributed by atoms with Crippen molar-refractivity contribution in [3.05, 3.63) is 29.3 Å². The lowest BCUT2D eigenvalue weighted by Gasteiger charge is -2.35. The summed E-state index contributed by atoms with van der Waals surface area (Å²) in [5.41, 5.74) is 7.43. The Hall–Kier alpha value is -1.55. The lowest BCUT2D eigenvalue weighted by Crippen LogP contribution is -2.27. The largest absolute Gasteiger partial charge is 0.508 e. The third-order valence-corrected chi connectivity index (χ3v) is 6.59. The van der Waals surface area contributed by atoms with Gasteiger partial charge in [0.2, 0.25) is 5.91 Å². The summed E-state index contributed by atoms with van der Waals surface area (Å²) < 4.78 is 0. The number of hydrogen-bond donors (Lipinski definition) is 3. The molecule has 0 aliphatic heterocycles. The first kappa shape index (κ1) is 22.7. The van der Waals surface area contributed by atoms with Crippen molar-refractivity contribution in [3.8, 4) is 5.75 Å². The number of hydrogen-bond acceptors (Lipinski definition) is 3. The van der Waals surface area contributed by atoms with Gasteiger partial charge in [0.1, 0.15) is 5.75 Å². The van der Waals surface area contributed by atoms with Crippen LogP contribution >= 0.6 is 0 Å². The topological polar surface area (TPSA) is 83.5 Å². The number of phenols is 1. The molecule has 28 heavy (non-hydrogen) atoms. The minimum absolute atomic E-state index is 0.0290. The molecule has 0 radical (unpaired) electrons. The summed E-state index contributed by atoms with van der Waals surface area (Å²) in [5, 5.41) is 21.0. The number of amides is 1. The van der Waals surface area contributed by atoms with Crippen LogP contribution in [0.25, 0.3) is 0 Å². The molecule has 0 spiro atoms. The number of aliphatic hydroxyl groups is 1. The fraction of sp³-hybridized carbons (Fsp3) is 0.708. The van der Waals surface area contributed by atoms with Crippen LogP contribution in [0.5, 0.6) is 5.75 Å². The molecule has 4 nitrogen and oxygen atoms in total. The van der Waals surface area contributed by atoms with E-state index < -0.39 is 0 Å². The molecule has 4 heteroatoms. The van der Waals surface area contributed by atoms with Crippen LogP contribution in [0.15, 0.2) is 18.2 Å². The van der Waals surface area contributed by atoms with Crippen LogP contribution in [0.2, 0.25) is 0 Å². The molecule has 1 aliphatic carbocycles. The van der Waals surface area contributed by atoms with Gasteiger partial charge in [-0.1, -0.05) is 58.6 Å². The highest BCUT2D eigenvalue weighted by Crippen LogP contribution is 2.44. The number of aromatic hydroxyl groups is 1. The van der Waals surface area contributed by atoms with E-state index in [0.29, 0.717) is 18.6 Å². The molecule has 0 heterocycles. The van der Waals surface area contributed by atoms with Crippen LogP contribution in [0.3, 0.4) is 0 Å². The van der Waals surface area contributed by atoms with Crippen molar-refractivity contribution in [2.75, 3.05) is 0 Å². The van der Waals surface area contributed by atoms with Crippen molar-refractivity contribution in [2.45, 2.75) is 102 Å². The highest BCUT2D eigenvalue weighted by Gasteiger charge is 2.33. The monoisotopic (exact) mass is 389 g/mol. The van der Waals surface area contributed by atoms with Crippen LogP contribution in [-0.2, 0) is 10.2 Å². The normalized spacial score (nSPS) is 22.9. The maximum atomic E-state index is 11.2. The maximum absolute atomic E-state index is 11.2. The number of aliphatic hydroxyl groups excluding tert-OH is 1. The third kappa shape index (κ3) is 6.23. The summed E-state index contributed by atoms with van der Waals surface area (Å²) in [6, 6.07) is 6.10. The summed E-state index contributed by atoms with van der Waals surface area (Å²) in [4.78, 5) is 11.2. The van der Waals surface area contributed by atoms with Crippen LogP contribution < -0.4 is 5.73 Å². The van der Waals surface area contributed by atoms with Gasteiger partial charge in [0, 0.05) is 6.42 Å². The van der Waals surface area contributed by atoms with E-state index in [2.05, 4.69) is 26.8 Å². The molecule has 3 atom stereocenters. The Kier molecular flexibility index (Phi) is 8.36. The molecule has 0 aromatic heterocycles. The van der Waals surface area contributed by atoms with Gasteiger partial charge in [-0.3, -0.25) is 4.79 Å². The molecule has 1 aromatic rings. The maximum Gasteiger partial charge on any atom is 0.217 e. The SMILES string of the molecule is CCCCCCC(C)(C)c1ccc(C2CC(O)CCC2CCC(N)=O)c(O)c1. The third-order valence-electron chi connectivity index (χ3n) is 6.59. The van der Waals surface area contributed by atoms with Gasteiger partial charge >= 0.3 is 0 Å². The van der Waals surface area contributed by atoms with E-state index in [9.17, 15) is 15.0 Å². The van der Waals surface area contributed by atoms with E-state index in [0.717, 1.165) is 36.8 Å². The zero-order chi connectivity index (χ0) is 20.7. The first-order valence-corrected chi connectivity index (χ1v) is 11.0. The number of primary amides is 1. The molecule has 0 saturated heterocycles. The standard InChI is InChI=1S/C24H39NO3/c1-4-5-6-7-14-24(2,3)18-10-12-20(22(27)15-18)21-16-19(26)11-8-17(21)9-13-23(25)28/h10,12,15,17,19,21,26-27H,4-9,11,13-14,16H2,1-3H3,(H2,25,28). The second-order valence-electron chi connectivity index (χ2n) is 9.31. The molecule has 0 bridgehead atoms. The number of phenolic OH excluding ortho intramolecular Hbond substituents is 1. The van der Waals surface area contributed by atoms with E-state index in [1.807, 2.05) is 12.1 Å². The molecule has 1 amide bonds. The van der Waals surface area contributed by atoms with E-state index in [1.54, 1.807) is 0 Å². The minimum Gasteiger partial charge on any atom is -0.508 e. The quantitative estimate of drug-likeness (QED) is 0.484. The fourth-order valence-electron chi connectivity index (χ4n) is 4.68. The molecule has 4 N–H and O–H groups in total. The number of nitrogens with two attached hydrogens (primary N) is 1. The molecule has 1 aliphatic rings. The summed E-state index contributed by atoms with van der Waals surface area (Å²) in [5.74, 6) is 0.385. The number of carbonyl (C=O) groups is 1. The van der Waals surface area contributed by atoms with Gasteiger partial charge in [-0.05, 0) is 66.5 Å². The smallest absolute Gasteiger partial charge is 0.217 e. The van der Waals surface area contributed by atoms with E-state index >= 15 is 0 Å². The summed E-state index contributed by atoms with van der Waals surface area (Å²) in [7, 11) is 0. The Labute approximate surface area is 170 Å². The fourth-order valence-corrected chi connectivity index (χ4v) is 4.68. The Balaban J connectivity index is 2.15. The van der Waals surface area contributed by atoms with Gasteiger partial charge in [0.25, 0.3) is 0 Å². The Morgan fingerprint density at radius 3 is 2.61 bits per heavy atom. The highest BCUT2D eigenvalue weighted by atomic mass is 16.3. The molecule has 1 saturated carbocycles. The summed E-state index contributed by atoms with van der Waals surface area (Å²) in [6.07, 6.45) is 9.07. The number of unbranched alkanes of at least 4 members (excludes halogenated alkanes) is 3. The van der Waals surface area contributed by atoms with Gasteiger partial charge in [-0.15, -0.1) is 0 Å². The summed E-state index contributed by atoms with van der Waals surface area (Å²) >= 11 is 0. The first-order valence-electron chi connectivity index (χ1n) is 11.0. The van der Waals surface area contributed by atoms with Crippen molar-refractivity contribution in [1.82, 2.24) is 0 Å². The van der Waals surface area contributed by atoms with Gasteiger partial charge < -0.3 is 15.9 Å². The van der Waals surface area contributed by atoms with Crippen LogP contribution in [0.1, 0.15) is 102 Å². The van der Waals surface area contributed by atoms with E-state index in [-0.39, 0.29) is 29.3 Å². The Morgan fingerprint density at radius 2 is 1.96 bits per heavy atom. The zero-order valence-corrected chi connectivity index (χ0v) is 17.9. The van der Waals surface area contributed by atoms with Gasteiger partial charge in [0.15, 0.2) is 0 Å². The second-order valence-corrected chi connectivity index (χ2v) is 9.31. The lowest BCUT2D eigenvalue weighted by atomic mass is 9.71. The zero-order valence-electron chi connectivity index (χ0n) is 17.9. The van der Waals surface area contributed by atoms with Crippen molar-refractivity contribution in [3.63, 3.8) is 0 Å². The predicted octanol–water partition coefficient (Wildman–Crippen LogP) is 5.15. The van der Waals surface area contributed by atoms with Crippen LogP contribution in [0.4, 0.5) is 0 Å². The van der Waals surface area contributed by atoms with Crippen molar-refractivity contribution >= 4 is 5.91 Å². The number of carbonyl (C=O) groups excluding carboxylic acids is 1. The van der Waals surface area contributed by atoms with Crippen LogP contribution in [-0.4, -0.2) is 22.2 Å². The Bertz CT molecular complexity index is 641. The first-order chi connectivity index (χ1) is 13.2. The van der Waals surface area contributed by atoms with E-state index in [4.69, 9.17) is 5.73 Å². The molecular weight excluding hydrogens is 350 g/mol. The molecular formula is C24H39NO3. The number of rotatable bonds is 10. The average molecular weight is 390 g/mol. The average Bonchev–Trinajstić information content (AvgIpc) is 2.64. The molecule has 158 valence electrons. The van der Waals surface area contributed by atoms with Crippen molar-refractivity contribution in [2.24, 2.45) is 11.7 Å². The summed E-state index contributed by atoms with van der Waals surface area (Å²) in [6.45, 7) is 6.71.